The van der Waals surface area contributed by atoms with Crippen LogP contribution in [-0.4, -0.2) is 15.5 Å². The summed E-state index contributed by atoms with van der Waals surface area (Å²) in [4.78, 5) is 0.185. The summed E-state index contributed by atoms with van der Waals surface area (Å²) in [5.41, 5.74) is 3.91. The third-order valence-electron chi connectivity index (χ3n) is 2.93. The van der Waals surface area contributed by atoms with Gasteiger partial charge in [-0.1, -0.05) is 12.1 Å². The zero-order valence-corrected chi connectivity index (χ0v) is 12.4. The number of sulfonamides is 1. The maximum absolute atomic E-state index is 12.2. The van der Waals surface area contributed by atoms with Gasteiger partial charge in [0.05, 0.1) is 12.0 Å². The summed E-state index contributed by atoms with van der Waals surface area (Å²) in [6.45, 7) is 0.191. The molecule has 0 aromatic heterocycles. The van der Waals surface area contributed by atoms with Crippen LogP contribution in [0.5, 0.6) is 5.75 Å². The molecule has 0 unspecified atom stereocenters. The predicted molar refractivity (Wildman–Crippen MR) is 81.3 cm³/mol. The highest BCUT2D eigenvalue weighted by Crippen LogP contribution is 2.15. The van der Waals surface area contributed by atoms with Crippen molar-refractivity contribution in [1.29, 1.82) is 0 Å². The van der Waals surface area contributed by atoms with Gasteiger partial charge in [-0.25, -0.2) is 13.1 Å². The first-order chi connectivity index (χ1) is 10.0. The molecule has 0 aliphatic rings. The van der Waals surface area contributed by atoms with Gasteiger partial charge in [0.2, 0.25) is 10.0 Å². The average Bonchev–Trinajstić information content (AvgIpc) is 2.53. The molecule has 0 heterocycles. The van der Waals surface area contributed by atoms with Crippen molar-refractivity contribution in [3.63, 3.8) is 0 Å². The Labute approximate surface area is 124 Å². The lowest BCUT2D eigenvalue weighted by molar-refractivity contribution is 0.414. The molecule has 0 fully saturated rings. The normalized spacial score (nSPS) is 11.1. The number of rotatable bonds is 6. The number of hydrazine groups is 1. The molecule has 2 aromatic carbocycles. The van der Waals surface area contributed by atoms with Gasteiger partial charge in [0.1, 0.15) is 5.75 Å². The van der Waals surface area contributed by atoms with Crippen molar-refractivity contribution in [2.24, 2.45) is 5.84 Å². The van der Waals surface area contributed by atoms with Crippen LogP contribution in [0.4, 0.5) is 5.69 Å². The first-order valence-corrected chi connectivity index (χ1v) is 7.73. The van der Waals surface area contributed by atoms with E-state index < -0.39 is 10.0 Å². The molecule has 0 aliphatic carbocycles. The zero-order chi connectivity index (χ0) is 15.3. The van der Waals surface area contributed by atoms with Crippen LogP contribution >= 0.6 is 0 Å². The standard InChI is InChI=1S/C14H17N3O3S/c1-20-13-4-2-3-11(9-13)10-16-21(18,19)14-7-5-12(17-15)6-8-14/h2-9,16-17H,10,15H2,1H3. The van der Waals surface area contributed by atoms with E-state index in [-0.39, 0.29) is 11.4 Å². The number of hydrogen-bond donors (Lipinski definition) is 3. The number of ether oxygens (including phenoxy) is 1. The highest BCUT2D eigenvalue weighted by atomic mass is 32.2. The summed E-state index contributed by atoms with van der Waals surface area (Å²) in [5.74, 6) is 5.93. The molecule has 0 atom stereocenters. The molecule has 2 rings (SSSR count). The van der Waals surface area contributed by atoms with Gasteiger partial charge >= 0.3 is 0 Å². The summed E-state index contributed by atoms with van der Waals surface area (Å²) >= 11 is 0. The van der Waals surface area contributed by atoms with Gasteiger partial charge in [0, 0.05) is 12.2 Å². The van der Waals surface area contributed by atoms with Crippen molar-refractivity contribution < 1.29 is 13.2 Å². The van der Waals surface area contributed by atoms with E-state index in [1.165, 1.54) is 12.1 Å². The third-order valence-corrected chi connectivity index (χ3v) is 4.35. The molecular weight excluding hydrogens is 290 g/mol. The molecule has 0 radical (unpaired) electrons. The number of benzene rings is 2. The smallest absolute Gasteiger partial charge is 0.240 e. The second-order valence-corrected chi connectivity index (χ2v) is 6.11. The van der Waals surface area contributed by atoms with E-state index in [9.17, 15) is 8.42 Å². The molecule has 0 spiro atoms. The van der Waals surface area contributed by atoms with Crippen molar-refractivity contribution >= 4 is 15.7 Å². The monoisotopic (exact) mass is 307 g/mol. The lowest BCUT2D eigenvalue weighted by atomic mass is 10.2. The SMILES string of the molecule is COc1cccc(CNS(=O)(=O)c2ccc(NN)cc2)c1. The number of nitrogens with two attached hydrogens (primary N) is 1. The van der Waals surface area contributed by atoms with Gasteiger partial charge in [-0.3, -0.25) is 5.84 Å². The highest BCUT2D eigenvalue weighted by Gasteiger charge is 2.13. The van der Waals surface area contributed by atoms with Gasteiger partial charge in [-0.05, 0) is 42.0 Å². The minimum absolute atomic E-state index is 0.185. The molecule has 4 N–H and O–H groups in total. The van der Waals surface area contributed by atoms with Gasteiger partial charge in [-0.15, -0.1) is 0 Å². The minimum atomic E-state index is -3.56. The third kappa shape index (κ3) is 3.94. The largest absolute Gasteiger partial charge is 0.497 e. The molecule has 0 aliphatic heterocycles. The molecule has 0 saturated heterocycles. The van der Waals surface area contributed by atoms with E-state index in [4.69, 9.17) is 10.6 Å². The molecule has 112 valence electrons. The molecule has 21 heavy (non-hydrogen) atoms. The van der Waals surface area contributed by atoms with E-state index in [2.05, 4.69) is 10.1 Å². The Hall–Kier alpha value is -2.09. The average molecular weight is 307 g/mol. The fraction of sp³-hybridized carbons (Fsp3) is 0.143. The zero-order valence-electron chi connectivity index (χ0n) is 11.5. The van der Waals surface area contributed by atoms with E-state index >= 15 is 0 Å². The Morgan fingerprint density at radius 2 is 1.86 bits per heavy atom. The Morgan fingerprint density at radius 1 is 1.14 bits per heavy atom. The van der Waals surface area contributed by atoms with Crippen LogP contribution in [-0.2, 0) is 16.6 Å². The van der Waals surface area contributed by atoms with Crippen LogP contribution in [0.15, 0.2) is 53.4 Å². The van der Waals surface area contributed by atoms with Crippen LogP contribution < -0.4 is 20.7 Å². The van der Waals surface area contributed by atoms with Crippen LogP contribution in [0.2, 0.25) is 0 Å². The maximum Gasteiger partial charge on any atom is 0.240 e. The van der Waals surface area contributed by atoms with E-state index in [1.54, 1.807) is 31.4 Å². The summed E-state index contributed by atoms with van der Waals surface area (Å²) in [6.07, 6.45) is 0. The van der Waals surface area contributed by atoms with Crippen LogP contribution in [0.25, 0.3) is 0 Å². The second kappa shape index (κ2) is 6.57. The minimum Gasteiger partial charge on any atom is -0.497 e. The quantitative estimate of drug-likeness (QED) is 0.555. The number of nitrogens with one attached hydrogen (secondary N) is 2. The van der Waals surface area contributed by atoms with Crippen molar-refractivity contribution in [3.8, 4) is 5.75 Å². The molecule has 0 saturated carbocycles. The number of hydrogen-bond acceptors (Lipinski definition) is 5. The first-order valence-electron chi connectivity index (χ1n) is 6.24. The number of nitrogen functional groups attached to an aromatic ring is 1. The predicted octanol–water partition coefficient (Wildman–Crippen LogP) is 1.46. The number of methoxy groups -OCH3 is 1. The van der Waals surface area contributed by atoms with Gasteiger partial charge in [0.25, 0.3) is 0 Å². The lowest BCUT2D eigenvalue weighted by Gasteiger charge is -2.08. The van der Waals surface area contributed by atoms with Crippen molar-refractivity contribution in [3.05, 3.63) is 54.1 Å². The molecule has 0 amide bonds. The molecule has 2 aromatic rings. The van der Waals surface area contributed by atoms with Gasteiger partial charge in [0.15, 0.2) is 0 Å². The topological polar surface area (TPSA) is 93.4 Å². The van der Waals surface area contributed by atoms with Crippen LogP contribution in [0, 0.1) is 0 Å². The Kier molecular flexibility index (Phi) is 4.79. The Balaban J connectivity index is 2.09. The van der Waals surface area contributed by atoms with Crippen LogP contribution in [0.1, 0.15) is 5.56 Å². The van der Waals surface area contributed by atoms with Crippen LogP contribution in [0.3, 0.4) is 0 Å². The Morgan fingerprint density at radius 3 is 2.48 bits per heavy atom. The van der Waals surface area contributed by atoms with Crippen molar-refractivity contribution in [2.45, 2.75) is 11.4 Å². The molecule has 7 heteroatoms. The van der Waals surface area contributed by atoms with E-state index in [1.807, 2.05) is 12.1 Å². The highest BCUT2D eigenvalue weighted by molar-refractivity contribution is 7.89. The maximum atomic E-state index is 12.2. The molecular formula is C14H17N3O3S. The second-order valence-electron chi connectivity index (χ2n) is 4.34. The fourth-order valence-corrected chi connectivity index (χ4v) is 2.79. The summed E-state index contributed by atoms with van der Waals surface area (Å²) < 4.78 is 32.0. The van der Waals surface area contributed by atoms with Gasteiger partial charge in [-0.2, -0.15) is 0 Å². The van der Waals surface area contributed by atoms with Crippen molar-refractivity contribution in [2.75, 3.05) is 12.5 Å². The van der Waals surface area contributed by atoms with E-state index in [0.717, 1.165) is 5.56 Å². The molecule has 6 nitrogen and oxygen atoms in total. The van der Waals surface area contributed by atoms with Crippen molar-refractivity contribution in [1.82, 2.24) is 4.72 Å². The van der Waals surface area contributed by atoms with Gasteiger partial charge < -0.3 is 10.2 Å². The summed E-state index contributed by atoms with van der Waals surface area (Å²) in [6, 6.07) is 13.4. The number of anilines is 1. The lowest BCUT2D eigenvalue weighted by Crippen LogP contribution is -2.23. The fourth-order valence-electron chi connectivity index (χ4n) is 1.77. The first kappa shape index (κ1) is 15.3. The molecule has 0 bridgehead atoms. The summed E-state index contributed by atoms with van der Waals surface area (Å²) in [5, 5.41) is 0. The van der Waals surface area contributed by atoms with E-state index in [0.29, 0.717) is 11.4 Å². The Bertz CT molecular complexity index is 700. The summed E-state index contributed by atoms with van der Waals surface area (Å²) in [7, 11) is -2.00.